The summed E-state index contributed by atoms with van der Waals surface area (Å²) in [5, 5.41) is 3.25. The minimum atomic E-state index is 0.131. The number of nitrogens with zero attached hydrogens (tertiary/aromatic N) is 1. The third-order valence-electron chi connectivity index (χ3n) is 3.19. The quantitative estimate of drug-likeness (QED) is 0.908. The zero-order valence-corrected chi connectivity index (χ0v) is 11.5. The molecule has 0 aliphatic carbocycles. The van der Waals surface area contributed by atoms with Crippen LogP contribution < -0.4 is 5.32 Å². The Labute approximate surface area is 110 Å². The maximum Gasteiger partial charge on any atom is 0.253 e. The number of likely N-dealkylation sites (N-methyl/N-ethyl adjacent to an activating group) is 1. The van der Waals surface area contributed by atoms with E-state index in [2.05, 4.69) is 21.2 Å². The molecule has 1 atom stereocenters. The van der Waals surface area contributed by atoms with Crippen LogP contribution in [0.3, 0.4) is 0 Å². The van der Waals surface area contributed by atoms with E-state index in [1.807, 2.05) is 36.2 Å². The molecule has 1 aliphatic heterocycles. The van der Waals surface area contributed by atoms with Crippen molar-refractivity contribution in [1.29, 1.82) is 0 Å². The van der Waals surface area contributed by atoms with Gasteiger partial charge in [0.1, 0.15) is 0 Å². The molecule has 0 spiro atoms. The molecule has 1 N–H and O–H groups in total. The highest BCUT2D eigenvalue weighted by Crippen LogP contribution is 2.16. The Morgan fingerprint density at radius 3 is 3.06 bits per heavy atom. The standard InChI is InChI=1S/C13H17BrN2O/c1-15-12-6-3-7-16(9-12)13(17)10-4-2-5-11(14)8-10/h2,4-5,8,12,15H,3,6-7,9H2,1H3/t12-/m1/s1. The predicted octanol–water partition coefficient (Wildman–Crippen LogP) is 2.27. The fourth-order valence-electron chi connectivity index (χ4n) is 2.20. The van der Waals surface area contributed by atoms with Gasteiger partial charge in [0.2, 0.25) is 0 Å². The van der Waals surface area contributed by atoms with E-state index in [0.29, 0.717) is 6.04 Å². The summed E-state index contributed by atoms with van der Waals surface area (Å²) in [4.78, 5) is 14.2. The highest BCUT2D eigenvalue weighted by molar-refractivity contribution is 9.10. The van der Waals surface area contributed by atoms with Crippen LogP contribution in [0.2, 0.25) is 0 Å². The van der Waals surface area contributed by atoms with Crippen LogP contribution in [0.1, 0.15) is 23.2 Å². The molecule has 1 fully saturated rings. The van der Waals surface area contributed by atoms with Gasteiger partial charge in [0.25, 0.3) is 5.91 Å². The number of amides is 1. The molecular formula is C13H17BrN2O. The van der Waals surface area contributed by atoms with Gasteiger partial charge in [0.05, 0.1) is 0 Å². The summed E-state index contributed by atoms with van der Waals surface area (Å²) in [5.74, 6) is 0.131. The van der Waals surface area contributed by atoms with E-state index < -0.39 is 0 Å². The summed E-state index contributed by atoms with van der Waals surface area (Å²) in [5.41, 5.74) is 0.760. The van der Waals surface area contributed by atoms with Crippen molar-refractivity contribution >= 4 is 21.8 Å². The molecule has 2 rings (SSSR count). The first-order chi connectivity index (χ1) is 8.20. The lowest BCUT2D eigenvalue weighted by molar-refractivity contribution is 0.0698. The lowest BCUT2D eigenvalue weighted by Crippen LogP contribution is -2.46. The molecule has 0 unspecified atom stereocenters. The minimum Gasteiger partial charge on any atom is -0.337 e. The highest BCUT2D eigenvalue weighted by Gasteiger charge is 2.23. The number of nitrogens with one attached hydrogen (secondary N) is 1. The number of benzene rings is 1. The zero-order valence-electron chi connectivity index (χ0n) is 9.95. The molecule has 1 aliphatic rings. The van der Waals surface area contributed by atoms with Gasteiger partial charge >= 0.3 is 0 Å². The van der Waals surface area contributed by atoms with Crippen molar-refractivity contribution in [3.05, 3.63) is 34.3 Å². The second-order valence-electron chi connectivity index (χ2n) is 4.39. The third-order valence-corrected chi connectivity index (χ3v) is 3.68. The smallest absolute Gasteiger partial charge is 0.253 e. The summed E-state index contributed by atoms with van der Waals surface area (Å²) >= 11 is 3.40. The largest absolute Gasteiger partial charge is 0.337 e. The molecule has 3 nitrogen and oxygen atoms in total. The van der Waals surface area contributed by atoms with Crippen molar-refractivity contribution in [3.8, 4) is 0 Å². The van der Waals surface area contributed by atoms with Gasteiger partial charge in [-0.05, 0) is 38.1 Å². The highest BCUT2D eigenvalue weighted by atomic mass is 79.9. The van der Waals surface area contributed by atoms with Crippen LogP contribution in [0.25, 0.3) is 0 Å². The molecule has 17 heavy (non-hydrogen) atoms. The summed E-state index contributed by atoms with van der Waals surface area (Å²) < 4.78 is 0.950. The lowest BCUT2D eigenvalue weighted by Gasteiger charge is -2.32. The van der Waals surface area contributed by atoms with Gasteiger partial charge in [-0.25, -0.2) is 0 Å². The number of rotatable bonds is 2. The Morgan fingerprint density at radius 2 is 2.35 bits per heavy atom. The first kappa shape index (κ1) is 12.6. The van der Waals surface area contributed by atoms with Crippen molar-refractivity contribution in [3.63, 3.8) is 0 Å². The number of hydrogen-bond donors (Lipinski definition) is 1. The van der Waals surface area contributed by atoms with E-state index in [1.165, 1.54) is 0 Å². The SMILES string of the molecule is CN[C@@H]1CCCN(C(=O)c2cccc(Br)c2)C1. The van der Waals surface area contributed by atoms with Crippen LogP contribution in [-0.4, -0.2) is 37.0 Å². The van der Waals surface area contributed by atoms with Crippen molar-refractivity contribution in [2.75, 3.05) is 20.1 Å². The molecule has 0 saturated carbocycles. The van der Waals surface area contributed by atoms with E-state index in [9.17, 15) is 4.79 Å². The molecule has 1 heterocycles. The van der Waals surface area contributed by atoms with Gasteiger partial charge in [-0.15, -0.1) is 0 Å². The molecule has 0 bridgehead atoms. The summed E-state index contributed by atoms with van der Waals surface area (Å²) in [6.45, 7) is 1.67. The Bertz CT molecular complexity index is 408. The molecule has 1 amide bonds. The zero-order chi connectivity index (χ0) is 12.3. The van der Waals surface area contributed by atoms with Crippen LogP contribution >= 0.6 is 15.9 Å². The monoisotopic (exact) mass is 296 g/mol. The summed E-state index contributed by atoms with van der Waals surface area (Å²) in [7, 11) is 1.96. The van der Waals surface area contributed by atoms with Crippen molar-refractivity contribution < 1.29 is 4.79 Å². The Kier molecular flexibility index (Phi) is 4.18. The number of hydrogen-bond acceptors (Lipinski definition) is 2. The maximum atomic E-state index is 12.3. The number of carbonyl (C=O) groups is 1. The van der Waals surface area contributed by atoms with Gasteiger partial charge < -0.3 is 10.2 Å². The van der Waals surface area contributed by atoms with Gasteiger partial charge in [-0.3, -0.25) is 4.79 Å². The minimum absolute atomic E-state index is 0.131. The van der Waals surface area contributed by atoms with Crippen molar-refractivity contribution in [1.82, 2.24) is 10.2 Å². The van der Waals surface area contributed by atoms with Gasteiger partial charge in [-0.2, -0.15) is 0 Å². The average molecular weight is 297 g/mol. The molecular weight excluding hydrogens is 280 g/mol. The van der Waals surface area contributed by atoms with Gasteiger partial charge in [0.15, 0.2) is 0 Å². The number of piperidine rings is 1. The molecule has 92 valence electrons. The van der Waals surface area contributed by atoms with Crippen molar-refractivity contribution in [2.24, 2.45) is 0 Å². The molecule has 0 radical (unpaired) electrons. The van der Waals surface area contributed by atoms with Crippen LogP contribution in [0.15, 0.2) is 28.7 Å². The first-order valence-electron chi connectivity index (χ1n) is 5.93. The predicted molar refractivity (Wildman–Crippen MR) is 72.1 cm³/mol. The first-order valence-corrected chi connectivity index (χ1v) is 6.72. The fraction of sp³-hybridized carbons (Fsp3) is 0.462. The lowest BCUT2D eigenvalue weighted by atomic mass is 10.0. The van der Waals surface area contributed by atoms with Gasteiger partial charge in [-0.1, -0.05) is 22.0 Å². The number of likely N-dealkylation sites (tertiary alicyclic amines) is 1. The number of halogens is 1. The fourth-order valence-corrected chi connectivity index (χ4v) is 2.60. The van der Waals surface area contributed by atoms with E-state index >= 15 is 0 Å². The second-order valence-corrected chi connectivity index (χ2v) is 5.31. The molecule has 4 heteroatoms. The normalized spacial score (nSPS) is 20.4. The Morgan fingerprint density at radius 1 is 1.53 bits per heavy atom. The molecule has 1 aromatic rings. The second kappa shape index (κ2) is 5.65. The van der Waals surface area contributed by atoms with Gasteiger partial charge in [0, 0.05) is 29.2 Å². The average Bonchev–Trinajstić information content (AvgIpc) is 2.38. The Balaban J connectivity index is 2.09. The molecule has 1 aromatic carbocycles. The summed E-state index contributed by atoms with van der Waals surface area (Å²) in [6, 6.07) is 8.02. The van der Waals surface area contributed by atoms with E-state index in [0.717, 1.165) is 36.0 Å². The van der Waals surface area contributed by atoms with Crippen LogP contribution in [0.5, 0.6) is 0 Å². The van der Waals surface area contributed by atoms with E-state index in [4.69, 9.17) is 0 Å². The van der Waals surface area contributed by atoms with Crippen molar-refractivity contribution in [2.45, 2.75) is 18.9 Å². The summed E-state index contributed by atoms with van der Waals surface area (Å²) in [6.07, 6.45) is 2.23. The topological polar surface area (TPSA) is 32.3 Å². The Hall–Kier alpha value is -0.870. The molecule has 0 aromatic heterocycles. The van der Waals surface area contributed by atoms with Crippen LogP contribution in [0.4, 0.5) is 0 Å². The third kappa shape index (κ3) is 3.07. The van der Waals surface area contributed by atoms with Crippen LogP contribution in [-0.2, 0) is 0 Å². The van der Waals surface area contributed by atoms with E-state index in [1.54, 1.807) is 0 Å². The maximum absolute atomic E-state index is 12.3. The molecule has 1 saturated heterocycles. The van der Waals surface area contributed by atoms with E-state index in [-0.39, 0.29) is 5.91 Å². The van der Waals surface area contributed by atoms with Crippen LogP contribution in [0, 0.1) is 0 Å². The number of carbonyl (C=O) groups excluding carboxylic acids is 1.